The van der Waals surface area contributed by atoms with E-state index in [1.807, 2.05) is 0 Å². The van der Waals surface area contributed by atoms with Gasteiger partial charge in [0.05, 0.1) is 13.2 Å². The highest BCUT2D eigenvalue weighted by atomic mass is 16.5. The molecule has 0 rings (SSSR count). The Balaban J connectivity index is 4.00. The zero-order chi connectivity index (χ0) is 10.5. The summed E-state index contributed by atoms with van der Waals surface area (Å²) in [5.74, 6) is -0.666. The highest BCUT2D eigenvalue weighted by Gasteiger charge is 2.27. The zero-order valence-electron chi connectivity index (χ0n) is 7.49. The van der Waals surface area contributed by atoms with Gasteiger partial charge in [0.2, 0.25) is 0 Å². The fraction of sp³-hybridized carbons (Fsp3) is 0.625. The van der Waals surface area contributed by atoms with Gasteiger partial charge in [-0.05, 0) is 6.92 Å². The van der Waals surface area contributed by atoms with E-state index in [1.54, 1.807) is 0 Å². The second-order valence-corrected chi connectivity index (χ2v) is 2.90. The number of aliphatic hydroxyl groups is 3. The van der Waals surface area contributed by atoms with Gasteiger partial charge in [0.1, 0.15) is 12.2 Å². The number of rotatable bonds is 5. The molecule has 0 saturated carbocycles. The minimum absolute atomic E-state index is 0.193. The molecule has 0 fully saturated rings. The normalized spacial score (nSPS) is 11.1. The van der Waals surface area contributed by atoms with Crippen molar-refractivity contribution in [3.05, 3.63) is 12.2 Å². The third-order valence-electron chi connectivity index (χ3n) is 1.41. The summed E-state index contributed by atoms with van der Waals surface area (Å²) in [6.45, 7) is 2.98. The maximum atomic E-state index is 10.8. The lowest BCUT2D eigenvalue weighted by atomic mass is 10.1. The van der Waals surface area contributed by atoms with E-state index in [1.165, 1.54) is 6.92 Å². The molecule has 3 N–H and O–H groups in total. The number of carbonyl (C=O) groups excluding carboxylic acids is 1. The third-order valence-corrected chi connectivity index (χ3v) is 1.41. The molecule has 0 heterocycles. The van der Waals surface area contributed by atoms with Gasteiger partial charge in [-0.25, -0.2) is 4.79 Å². The van der Waals surface area contributed by atoms with Crippen LogP contribution in [-0.4, -0.2) is 46.7 Å². The molecule has 0 aliphatic heterocycles. The largest absolute Gasteiger partial charge is 0.459 e. The van der Waals surface area contributed by atoms with E-state index in [9.17, 15) is 9.90 Å². The molecule has 0 amide bonds. The predicted molar refractivity (Wildman–Crippen MR) is 44.9 cm³/mol. The lowest BCUT2D eigenvalue weighted by Crippen LogP contribution is -2.43. The van der Waals surface area contributed by atoms with Crippen LogP contribution in [-0.2, 0) is 9.53 Å². The van der Waals surface area contributed by atoms with Crippen LogP contribution < -0.4 is 0 Å². The van der Waals surface area contributed by atoms with Gasteiger partial charge in [-0.1, -0.05) is 6.58 Å². The van der Waals surface area contributed by atoms with E-state index >= 15 is 0 Å². The van der Waals surface area contributed by atoms with Crippen molar-refractivity contribution in [2.24, 2.45) is 0 Å². The van der Waals surface area contributed by atoms with Crippen LogP contribution in [0.3, 0.4) is 0 Å². The van der Waals surface area contributed by atoms with Gasteiger partial charge in [0.25, 0.3) is 0 Å². The van der Waals surface area contributed by atoms with Crippen LogP contribution in [0.5, 0.6) is 0 Å². The maximum absolute atomic E-state index is 10.8. The second-order valence-electron chi connectivity index (χ2n) is 2.90. The first kappa shape index (κ1) is 12.1. The average molecular weight is 190 g/mol. The Morgan fingerprint density at radius 3 is 2.23 bits per heavy atom. The molecule has 0 aromatic rings. The first-order valence-electron chi connectivity index (χ1n) is 3.72. The summed E-state index contributed by atoms with van der Waals surface area (Å²) in [5, 5.41) is 26.5. The molecular weight excluding hydrogens is 176 g/mol. The number of hydrogen-bond acceptors (Lipinski definition) is 5. The summed E-state index contributed by atoms with van der Waals surface area (Å²) in [6, 6.07) is 0. The maximum Gasteiger partial charge on any atom is 0.333 e. The monoisotopic (exact) mass is 190 g/mol. The molecular formula is C8H14O5. The van der Waals surface area contributed by atoms with Crippen molar-refractivity contribution in [3.8, 4) is 0 Å². The summed E-state index contributed by atoms with van der Waals surface area (Å²) in [5.41, 5.74) is -1.58. The standard InChI is InChI=1S/C8H14O5/c1-6(2)7(11)13-5-8(12,3-9)4-10/h9-10,12H,1,3-5H2,2H3. The Labute approximate surface area is 76.3 Å². The van der Waals surface area contributed by atoms with Crippen LogP contribution in [0.15, 0.2) is 12.2 Å². The Hall–Kier alpha value is -0.910. The van der Waals surface area contributed by atoms with Crippen molar-refractivity contribution in [2.75, 3.05) is 19.8 Å². The highest BCUT2D eigenvalue weighted by molar-refractivity contribution is 5.86. The molecule has 0 aliphatic rings. The van der Waals surface area contributed by atoms with Gasteiger partial charge in [0.15, 0.2) is 0 Å². The van der Waals surface area contributed by atoms with Gasteiger partial charge in [-0.3, -0.25) is 0 Å². The summed E-state index contributed by atoms with van der Waals surface area (Å²) >= 11 is 0. The molecule has 0 radical (unpaired) electrons. The number of ether oxygens (including phenoxy) is 1. The van der Waals surface area contributed by atoms with Gasteiger partial charge in [0, 0.05) is 5.57 Å². The van der Waals surface area contributed by atoms with Crippen molar-refractivity contribution in [1.82, 2.24) is 0 Å². The van der Waals surface area contributed by atoms with E-state index < -0.39 is 31.4 Å². The molecule has 0 unspecified atom stereocenters. The molecule has 0 saturated heterocycles. The Kier molecular flexibility index (Phi) is 4.61. The Bertz CT molecular complexity index is 195. The van der Waals surface area contributed by atoms with Crippen LogP contribution >= 0.6 is 0 Å². The lowest BCUT2D eigenvalue weighted by molar-refractivity contribution is -0.153. The highest BCUT2D eigenvalue weighted by Crippen LogP contribution is 2.04. The Morgan fingerprint density at radius 2 is 1.92 bits per heavy atom. The predicted octanol–water partition coefficient (Wildman–Crippen LogP) is -1.18. The fourth-order valence-corrected chi connectivity index (χ4v) is 0.464. The van der Waals surface area contributed by atoms with Crippen LogP contribution in [0.25, 0.3) is 0 Å². The quantitative estimate of drug-likeness (QED) is 0.375. The summed E-state index contributed by atoms with van der Waals surface area (Å²) in [7, 11) is 0. The molecule has 0 aromatic heterocycles. The van der Waals surface area contributed by atoms with Gasteiger partial charge in [-0.15, -0.1) is 0 Å². The molecule has 0 spiro atoms. The molecule has 0 aliphatic carbocycles. The second kappa shape index (κ2) is 4.96. The zero-order valence-corrected chi connectivity index (χ0v) is 7.49. The number of esters is 1. The van der Waals surface area contributed by atoms with Crippen molar-refractivity contribution in [1.29, 1.82) is 0 Å². The van der Waals surface area contributed by atoms with Gasteiger partial charge < -0.3 is 20.1 Å². The average Bonchev–Trinajstić information content (AvgIpc) is 2.13. The molecule has 0 aromatic carbocycles. The van der Waals surface area contributed by atoms with Crippen LogP contribution in [0.4, 0.5) is 0 Å². The minimum atomic E-state index is -1.77. The molecule has 0 atom stereocenters. The smallest absolute Gasteiger partial charge is 0.333 e. The van der Waals surface area contributed by atoms with E-state index in [4.69, 9.17) is 10.2 Å². The summed E-state index contributed by atoms with van der Waals surface area (Å²) in [6.07, 6.45) is 0. The molecule has 5 nitrogen and oxygen atoms in total. The number of hydrogen-bond donors (Lipinski definition) is 3. The van der Waals surface area contributed by atoms with Gasteiger partial charge >= 0.3 is 5.97 Å². The molecule has 13 heavy (non-hydrogen) atoms. The first-order valence-corrected chi connectivity index (χ1v) is 3.72. The van der Waals surface area contributed by atoms with Gasteiger partial charge in [-0.2, -0.15) is 0 Å². The van der Waals surface area contributed by atoms with Crippen molar-refractivity contribution in [3.63, 3.8) is 0 Å². The SMILES string of the molecule is C=C(C)C(=O)OCC(O)(CO)CO. The molecule has 0 bridgehead atoms. The molecule has 76 valence electrons. The Morgan fingerprint density at radius 1 is 1.46 bits per heavy atom. The minimum Gasteiger partial charge on any atom is -0.459 e. The van der Waals surface area contributed by atoms with Crippen LogP contribution in [0, 0.1) is 0 Å². The van der Waals surface area contributed by atoms with E-state index in [0.717, 1.165) is 0 Å². The third kappa shape index (κ3) is 4.02. The van der Waals surface area contributed by atoms with E-state index in [-0.39, 0.29) is 5.57 Å². The molecule has 5 heteroatoms. The van der Waals surface area contributed by atoms with Crippen molar-refractivity contribution in [2.45, 2.75) is 12.5 Å². The van der Waals surface area contributed by atoms with Crippen LogP contribution in [0.2, 0.25) is 0 Å². The number of aliphatic hydroxyl groups excluding tert-OH is 2. The summed E-state index contributed by atoms with van der Waals surface area (Å²) in [4.78, 5) is 10.8. The number of carbonyl (C=O) groups is 1. The van der Waals surface area contributed by atoms with Crippen LogP contribution in [0.1, 0.15) is 6.92 Å². The van der Waals surface area contributed by atoms with Crippen molar-refractivity contribution < 1.29 is 24.9 Å². The first-order chi connectivity index (χ1) is 5.95. The summed E-state index contributed by atoms with van der Waals surface area (Å²) < 4.78 is 4.54. The topological polar surface area (TPSA) is 87.0 Å². The lowest BCUT2D eigenvalue weighted by Gasteiger charge is -2.22. The van der Waals surface area contributed by atoms with E-state index in [0.29, 0.717) is 0 Å². The van der Waals surface area contributed by atoms with E-state index in [2.05, 4.69) is 11.3 Å². The van der Waals surface area contributed by atoms with Crippen molar-refractivity contribution >= 4 is 5.97 Å². The fourth-order valence-electron chi connectivity index (χ4n) is 0.464.